The SMILES string of the molecule is COc1cscc1-c1cccnc1. The summed E-state index contributed by atoms with van der Waals surface area (Å²) in [7, 11) is 1.68. The van der Waals surface area contributed by atoms with Gasteiger partial charge in [0, 0.05) is 34.3 Å². The predicted octanol–water partition coefficient (Wildman–Crippen LogP) is 2.82. The number of rotatable bonds is 2. The summed E-state index contributed by atoms with van der Waals surface area (Å²) in [5.74, 6) is 0.915. The van der Waals surface area contributed by atoms with E-state index >= 15 is 0 Å². The molecule has 3 heteroatoms. The van der Waals surface area contributed by atoms with Gasteiger partial charge >= 0.3 is 0 Å². The van der Waals surface area contributed by atoms with Crippen LogP contribution >= 0.6 is 11.3 Å². The minimum atomic E-state index is 0.915. The molecule has 2 nitrogen and oxygen atoms in total. The third-order valence-electron chi connectivity index (χ3n) is 1.82. The number of thiophene rings is 1. The molecule has 0 fully saturated rings. The Morgan fingerprint density at radius 2 is 2.31 bits per heavy atom. The zero-order chi connectivity index (χ0) is 9.10. The first-order valence-electron chi connectivity index (χ1n) is 3.92. The third kappa shape index (κ3) is 1.55. The van der Waals surface area contributed by atoms with Crippen molar-refractivity contribution < 1.29 is 4.74 Å². The van der Waals surface area contributed by atoms with Crippen molar-refractivity contribution in [1.82, 2.24) is 4.98 Å². The van der Waals surface area contributed by atoms with Crippen molar-refractivity contribution in [3.05, 3.63) is 35.3 Å². The third-order valence-corrected chi connectivity index (χ3v) is 2.54. The molecule has 0 saturated heterocycles. The lowest BCUT2D eigenvalue weighted by molar-refractivity contribution is 0.418. The summed E-state index contributed by atoms with van der Waals surface area (Å²) in [6.07, 6.45) is 3.60. The highest BCUT2D eigenvalue weighted by Crippen LogP contribution is 2.32. The molecule has 0 N–H and O–H groups in total. The summed E-state index contributed by atoms with van der Waals surface area (Å²) in [4.78, 5) is 4.07. The van der Waals surface area contributed by atoms with E-state index in [1.54, 1.807) is 24.6 Å². The summed E-state index contributed by atoms with van der Waals surface area (Å²) >= 11 is 1.63. The highest BCUT2D eigenvalue weighted by Gasteiger charge is 2.05. The highest BCUT2D eigenvalue weighted by atomic mass is 32.1. The lowest BCUT2D eigenvalue weighted by Gasteiger charge is -2.01. The quantitative estimate of drug-likeness (QED) is 0.728. The molecule has 2 rings (SSSR count). The Kier molecular flexibility index (Phi) is 2.27. The van der Waals surface area contributed by atoms with Crippen LogP contribution < -0.4 is 4.74 Å². The number of hydrogen-bond acceptors (Lipinski definition) is 3. The fourth-order valence-electron chi connectivity index (χ4n) is 1.18. The van der Waals surface area contributed by atoms with Crippen LogP contribution in [0.3, 0.4) is 0 Å². The number of hydrogen-bond donors (Lipinski definition) is 0. The van der Waals surface area contributed by atoms with Gasteiger partial charge in [-0.25, -0.2) is 0 Å². The smallest absolute Gasteiger partial charge is 0.137 e. The maximum atomic E-state index is 5.22. The highest BCUT2D eigenvalue weighted by molar-refractivity contribution is 7.08. The van der Waals surface area contributed by atoms with Crippen LogP contribution in [0.4, 0.5) is 0 Å². The van der Waals surface area contributed by atoms with E-state index in [9.17, 15) is 0 Å². The molecule has 0 radical (unpaired) electrons. The van der Waals surface area contributed by atoms with Crippen molar-refractivity contribution in [3.63, 3.8) is 0 Å². The van der Waals surface area contributed by atoms with E-state index in [-0.39, 0.29) is 0 Å². The topological polar surface area (TPSA) is 22.1 Å². The molecule has 0 aliphatic rings. The molecule has 0 bridgehead atoms. The molecule has 2 aromatic heterocycles. The van der Waals surface area contributed by atoms with Crippen LogP contribution in [0.1, 0.15) is 0 Å². The summed E-state index contributed by atoms with van der Waals surface area (Å²) in [5.41, 5.74) is 2.21. The lowest BCUT2D eigenvalue weighted by Crippen LogP contribution is -1.83. The van der Waals surface area contributed by atoms with Crippen molar-refractivity contribution in [2.75, 3.05) is 7.11 Å². The van der Waals surface area contributed by atoms with E-state index < -0.39 is 0 Å². The van der Waals surface area contributed by atoms with Gasteiger partial charge in [0.05, 0.1) is 7.11 Å². The van der Waals surface area contributed by atoms with Crippen molar-refractivity contribution in [1.29, 1.82) is 0 Å². The number of methoxy groups -OCH3 is 1. The summed E-state index contributed by atoms with van der Waals surface area (Å²) in [6, 6.07) is 3.95. The molecule has 13 heavy (non-hydrogen) atoms. The van der Waals surface area contributed by atoms with Gasteiger partial charge in [-0.1, -0.05) is 6.07 Å². The number of nitrogens with zero attached hydrogens (tertiary/aromatic N) is 1. The lowest BCUT2D eigenvalue weighted by atomic mass is 10.1. The summed E-state index contributed by atoms with van der Waals surface area (Å²) in [5, 5.41) is 4.05. The normalized spacial score (nSPS) is 9.92. The van der Waals surface area contributed by atoms with Gasteiger partial charge in [-0.15, -0.1) is 11.3 Å². The molecular formula is C10H9NOS. The second kappa shape index (κ2) is 3.58. The molecule has 0 aliphatic carbocycles. The van der Waals surface area contributed by atoms with Crippen LogP contribution in [0.5, 0.6) is 5.75 Å². The summed E-state index contributed by atoms with van der Waals surface area (Å²) in [6.45, 7) is 0. The molecule has 2 heterocycles. The van der Waals surface area contributed by atoms with Gasteiger partial charge in [-0.3, -0.25) is 4.98 Å². The zero-order valence-corrected chi connectivity index (χ0v) is 8.04. The van der Waals surface area contributed by atoms with Crippen molar-refractivity contribution in [2.24, 2.45) is 0 Å². The van der Waals surface area contributed by atoms with E-state index in [1.807, 2.05) is 23.7 Å². The van der Waals surface area contributed by atoms with Crippen LogP contribution in [-0.2, 0) is 0 Å². The monoisotopic (exact) mass is 191 g/mol. The van der Waals surface area contributed by atoms with Crippen molar-refractivity contribution in [3.8, 4) is 16.9 Å². The van der Waals surface area contributed by atoms with E-state index in [0.29, 0.717) is 0 Å². The fourth-order valence-corrected chi connectivity index (χ4v) is 1.98. The van der Waals surface area contributed by atoms with Crippen LogP contribution in [-0.4, -0.2) is 12.1 Å². The van der Waals surface area contributed by atoms with Crippen molar-refractivity contribution >= 4 is 11.3 Å². The maximum absolute atomic E-state index is 5.22. The van der Waals surface area contributed by atoms with Crippen LogP contribution in [0.25, 0.3) is 11.1 Å². The molecule has 0 unspecified atom stereocenters. The first kappa shape index (κ1) is 8.26. The van der Waals surface area contributed by atoms with Gasteiger partial charge in [0.25, 0.3) is 0 Å². The minimum absolute atomic E-state index is 0.915. The van der Waals surface area contributed by atoms with E-state index in [1.165, 1.54) is 0 Å². The average molecular weight is 191 g/mol. The van der Waals surface area contributed by atoms with E-state index in [0.717, 1.165) is 16.9 Å². The Bertz CT molecular complexity index is 383. The molecule has 0 aromatic carbocycles. The zero-order valence-electron chi connectivity index (χ0n) is 7.23. The second-order valence-electron chi connectivity index (χ2n) is 2.60. The second-order valence-corrected chi connectivity index (χ2v) is 3.34. The van der Waals surface area contributed by atoms with Crippen LogP contribution in [0.15, 0.2) is 35.3 Å². The predicted molar refractivity (Wildman–Crippen MR) is 54.1 cm³/mol. The van der Waals surface area contributed by atoms with Crippen molar-refractivity contribution in [2.45, 2.75) is 0 Å². The van der Waals surface area contributed by atoms with Gasteiger partial charge in [-0.2, -0.15) is 0 Å². The molecule has 0 saturated carbocycles. The van der Waals surface area contributed by atoms with Crippen LogP contribution in [0, 0.1) is 0 Å². The van der Waals surface area contributed by atoms with Crippen LogP contribution in [0.2, 0.25) is 0 Å². The Hall–Kier alpha value is -1.35. The largest absolute Gasteiger partial charge is 0.495 e. The molecule has 0 aliphatic heterocycles. The standard InChI is InChI=1S/C10H9NOS/c1-12-10-7-13-6-9(10)8-3-2-4-11-5-8/h2-7H,1H3. The van der Waals surface area contributed by atoms with Gasteiger partial charge in [-0.05, 0) is 6.07 Å². The molecule has 2 aromatic rings. The maximum Gasteiger partial charge on any atom is 0.137 e. The van der Waals surface area contributed by atoms with Gasteiger partial charge in [0.2, 0.25) is 0 Å². The minimum Gasteiger partial charge on any atom is -0.495 e. The average Bonchev–Trinajstić information content (AvgIpc) is 2.67. The van der Waals surface area contributed by atoms with Gasteiger partial charge in [0.15, 0.2) is 0 Å². The molecule has 0 amide bonds. The molecular weight excluding hydrogens is 182 g/mol. The Labute approximate surface area is 80.8 Å². The Balaban J connectivity index is 2.47. The first-order chi connectivity index (χ1) is 6.42. The van der Waals surface area contributed by atoms with Gasteiger partial charge in [0.1, 0.15) is 5.75 Å². The molecule has 0 spiro atoms. The number of ether oxygens (including phenoxy) is 1. The first-order valence-corrected chi connectivity index (χ1v) is 4.86. The summed E-state index contributed by atoms with van der Waals surface area (Å²) < 4.78 is 5.22. The fraction of sp³-hybridized carbons (Fsp3) is 0.100. The Morgan fingerprint density at radius 1 is 1.38 bits per heavy atom. The molecule has 66 valence electrons. The molecule has 0 atom stereocenters. The Morgan fingerprint density at radius 3 is 3.00 bits per heavy atom. The number of aromatic nitrogens is 1. The van der Waals surface area contributed by atoms with E-state index in [4.69, 9.17) is 4.74 Å². The van der Waals surface area contributed by atoms with E-state index in [2.05, 4.69) is 10.4 Å². The number of pyridine rings is 1. The van der Waals surface area contributed by atoms with Gasteiger partial charge < -0.3 is 4.74 Å².